The molecule has 0 atom stereocenters. The van der Waals surface area contributed by atoms with E-state index >= 15 is 0 Å². The summed E-state index contributed by atoms with van der Waals surface area (Å²) < 4.78 is 0. The number of halogens is 1. The summed E-state index contributed by atoms with van der Waals surface area (Å²) in [5, 5.41) is 12.1. The minimum absolute atomic E-state index is 0.00891. The van der Waals surface area contributed by atoms with Crippen molar-refractivity contribution < 1.29 is 9.90 Å². The molecular weight excluding hydrogens is 254 g/mol. The van der Waals surface area contributed by atoms with Crippen molar-refractivity contribution in [2.24, 2.45) is 0 Å². The quantitative estimate of drug-likeness (QED) is 0.799. The molecule has 5 nitrogen and oxygen atoms in total. The molecule has 0 saturated heterocycles. The predicted octanol–water partition coefficient (Wildman–Crippen LogP) is 1.62. The Bertz CT molecular complexity index is 424. The average Bonchev–Trinajstić information content (AvgIpc) is 2.33. The minimum Gasteiger partial charge on any atom is -0.395 e. The third kappa shape index (κ3) is 3.58. The van der Waals surface area contributed by atoms with Gasteiger partial charge in [-0.05, 0) is 26.0 Å². The number of hydrogen-bond donors (Lipinski definition) is 2. The van der Waals surface area contributed by atoms with Crippen molar-refractivity contribution in [2.75, 3.05) is 25.5 Å². The Morgan fingerprint density at radius 3 is 2.72 bits per heavy atom. The van der Waals surface area contributed by atoms with E-state index in [1.165, 1.54) is 6.07 Å². The van der Waals surface area contributed by atoms with Crippen LogP contribution in [0, 0.1) is 0 Å². The van der Waals surface area contributed by atoms with E-state index in [9.17, 15) is 4.79 Å². The zero-order valence-corrected chi connectivity index (χ0v) is 11.5. The molecule has 0 aliphatic heterocycles. The van der Waals surface area contributed by atoms with Gasteiger partial charge in [-0.1, -0.05) is 11.6 Å². The fourth-order valence-electron chi connectivity index (χ4n) is 1.62. The van der Waals surface area contributed by atoms with E-state index in [-0.39, 0.29) is 23.7 Å². The number of amides is 1. The normalized spacial score (nSPS) is 10.6. The molecule has 1 heterocycles. The molecule has 100 valence electrons. The second-order valence-electron chi connectivity index (χ2n) is 4.13. The monoisotopic (exact) mass is 271 g/mol. The molecule has 0 saturated carbocycles. The summed E-state index contributed by atoms with van der Waals surface area (Å²) in [6.07, 6.45) is 0. The number of nitrogens with zero attached hydrogens (tertiary/aromatic N) is 2. The Labute approximate surface area is 112 Å². The van der Waals surface area contributed by atoms with Crippen molar-refractivity contribution >= 4 is 23.3 Å². The Balaban J connectivity index is 3.04. The third-order valence-electron chi connectivity index (χ3n) is 2.52. The van der Waals surface area contributed by atoms with Gasteiger partial charge in [0.05, 0.1) is 6.61 Å². The van der Waals surface area contributed by atoms with Gasteiger partial charge in [-0.15, -0.1) is 0 Å². The van der Waals surface area contributed by atoms with E-state index in [1.807, 2.05) is 13.8 Å². The van der Waals surface area contributed by atoms with Gasteiger partial charge in [0.2, 0.25) is 0 Å². The molecule has 0 aromatic carbocycles. The summed E-state index contributed by atoms with van der Waals surface area (Å²) in [6.45, 7) is 4.03. The molecule has 0 radical (unpaired) electrons. The standard InChI is InChI=1S/C12H18ClN3O2/c1-8(2)16(4-5-17)12(18)9-6-10(13)15-11(7-9)14-3/h6-8,17H,4-5H2,1-3H3,(H,14,15). The average molecular weight is 272 g/mol. The summed E-state index contributed by atoms with van der Waals surface area (Å²) in [4.78, 5) is 17.9. The number of aliphatic hydroxyl groups excluding tert-OH is 1. The molecule has 0 aliphatic carbocycles. The van der Waals surface area contributed by atoms with Crippen molar-refractivity contribution in [3.63, 3.8) is 0 Å². The van der Waals surface area contributed by atoms with Gasteiger partial charge in [-0.3, -0.25) is 4.79 Å². The van der Waals surface area contributed by atoms with Gasteiger partial charge in [0.15, 0.2) is 0 Å². The van der Waals surface area contributed by atoms with Crippen LogP contribution in [0.15, 0.2) is 12.1 Å². The van der Waals surface area contributed by atoms with Crippen LogP contribution >= 0.6 is 11.6 Å². The molecule has 1 aromatic rings. The van der Waals surface area contributed by atoms with Crippen molar-refractivity contribution in [1.82, 2.24) is 9.88 Å². The van der Waals surface area contributed by atoms with E-state index in [0.29, 0.717) is 17.9 Å². The van der Waals surface area contributed by atoms with Crippen LogP contribution in [-0.2, 0) is 0 Å². The number of nitrogens with one attached hydrogen (secondary N) is 1. The number of pyridine rings is 1. The van der Waals surface area contributed by atoms with Crippen molar-refractivity contribution in [3.05, 3.63) is 22.8 Å². The van der Waals surface area contributed by atoms with Gasteiger partial charge in [0.1, 0.15) is 11.0 Å². The number of anilines is 1. The summed E-state index contributed by atoms with van der Waals surface area (Å²) in [5.41, 5.74) is 0.460. The number of aromatic nitrogens is 1. The van der Waals surface area contributed by atoms with Crippen LogP contribution in [-0.4, -0.2) is 47.1 Å². The fourth-order valence-corrected chi connectivity index (χ4v) is 1.82. The van der Waals surface area contributed by atoms with E-state index in [4.69, 9.17) is 16.7 Å². The van der Waals surface area contributed by atoms with Gasteiger partial charge in [0, 0.05) is 25.2 Å². The molecule has 0 unspecified atom stereocenters. The lowest BCUT2D eigenvalue weighted by molar-refractivity contribution is 0.0665. The van der Waals surface area contributed by atoms with Crippen molar-refractivity contribution in [1.29, 1.82) is 0 Å². The molecule has 1 amide bonds. The third-order valence-corrected chi connectivity index (χ3v) is 2.72. The molecule has 1 rings (SSSR count). The Hall–Kier alpha value is -1.33. The zero-order chi connectivity index (χ0) is 13.7. The molecule has 0 fully saturated rings. The second kappa shape index (κ2) is 6.56. The molecule has 1 aromatic heterocycles. The Morgan fingerprint density at radius 2 is 2.22 bits per heavy atom. The van der Waals surface area contributed by atoms with Gasteiger partial charge >= 0.3 is 0 Å². The summed E-state index contributed by atoms with van der Waals surface area (Å²) >= 11 is 5.86. The molecule has 0 aliphatic rings. The van der Waals surface area contributed by atoms with Gasteiger partial charge in [0.25, 0.3) is 5.91 Å². The van der Waals surface area contributed by atoms with Crippen molar-refractivity contribution in [3.8, 4) is 0 Å². The SMILES string of the molecule is CNc1cc(C(=O)N(CCO)C(C)C)cc(Cl)n1. The lowest BCUT2D eigenvalue weighted by atomic mass is 10.2. The lowest BCUT2D eigenvalue weighted by Gasteiger charge is -2.26. The van der Waals surface area contributed by atoms with Crippen LogP contribution in [0.3, 0.4) is 0 Å². The first-order valence-electron chi connectivity index (χ1n) is 5.76. The maximum atomic E-state index is 12.3. The highest BCUT2D eigenvalue weighted by atomic mass is 35.5. The maximum Gasteiger partial charge on any atom is 0.254 e. The number of aliphatic hydroxyl groups is 1. The first kappa shape index (κ1) is 14.7. The lowest BCUT2D eigenvalue weighted by Crippen LogP contribution is -2.39. The summed E-state index contributed by atoms with van der Waals surface area (Å²) in [7, 11) is 1.71. The first-order chi connectivity index (χ1) is 8.49. The van der Waals surface area contributed by atoms with E-state index in [0.717, 1.165) is 0 Å². The smallest absolute Gasteiger partial charge is 0.254 e. The Kier molecular flexibility index (Phi) is 5.37. The fraction of sp³-hybridized carbons (Fsp3) is 0.500. The number of rotatable bonds is 5. The van der Waals surface area contributed by atoms with E-state index in [2.05, 4.69) is 10.3 Å². The summed E-state index contributed by atoms with van der Waals surface area (Å²) in [5.74, 6) is 0.374. The molecule has 6 heteroatoms. The first-order valence-corrected chi connectivity index (χ1v) is 6.14. The molecule has 0 spiro atoms. The second-order valence-corrected chi connectivity index (χ2v) is 4.52. The van der Waals surface area contributed by atoms with E-state index < -0.39 is 0 Å². The molecule has 0 bridgehead atoms. The zero-order valence-electron chi connectivity index (χ0n) is 10.8. The maximum absolute atomic E-state index is 12.3. The van der Waals surface area contributed by atoms with Crippen LogP contribution in [0.4, 0.5) is 5.82 Å². The topological polar surface area (TPSA) is 65.5 Å². The number of carbonyl (C=O) groups is 1. The molecular formula is C12H18ClN3O2. The van der Waals surface area contributed by atoms with Crippen LogP contribution in [0.1, 0.15) is 24.2 Å². The summed E-state index contributed by atoms with van der Waals surface area (Å²) in [6, 6.07) is 3.17. The van der Waals surface area contributed by atoms with Crippen LogP contribution in [0.25, 0.3) is 0 Å². The molecule has 18 heavy (non-hydrogen) atoms. The number of carbonyl (C=O) groups excluding carboxylic acids is 1. The number of hydrogen-bond acceptors (Lipinski definition) is 4. The van der Waals surface area contributed by atoms with Gasteiger partial charge in [-0.2, -0.15) is 0 Å². The highest BCUT2D eigenvalue weighted by Gasteiger charge is 2.19. The Morgan fingerprint density at radius 1 is 1.56 bits per heavy atom. The molecule has 2 N–H and O–H groups in total. The van der Waals surface area contributed by atoms with Crippen molar-refractivity contribution in [2.45, 2.75) is 19.9 Å². The van der Waals surface area contributed by atoms with Crippen LogP contribution in [0.2, 0.25) is 5.15 Å². The van der Waals surface area contributed by atoms with Crippen LogP contribution < -0.4 is 5.32 Å². The van der Waals surface area contributed by atoms with Gasteiger partial charge in [-0.25, -0.2) is 4.98 Å². The van der Waals surface area contributed by atoms with Crippen LogP contribution in [0.5, 0.6) is 0 Å². The highest BCUT2D eigenvalue weighted by molar-refractivity contribution is 6.29. The van der Waals surface area contributed by atoms with E-state index in [1.54, 1.807) is 18.0 Å². The predicted molar refractivity (Wildman–Crippen MR) is 72.1 cm³/mol. The highest BCUT2D eigenvalue weighted by Crippen LogP contribution is 2.16. The minimum atomic E-state index is -0.167. The van der Waals surface area contributed by atoms with Gasteiger partial charge < -0.3 is 15.3 Å². The largest absolute Gasteiger partial charge is 0.395 e.